The maximum Gasteiger partial charge on any atom is 0.350 e. The number of carbonyl (C=O) groups is 3. The Morgan fingerprint density at radius 1 is 0.591 bits per heavy atom. The molecule has 0 aliphatic carbocycles. The van der Waals surface area contributed by atoms with Gasteiger partial charge in [-0.1, -0.05) is 54.6 Å². The fraction of sp³-hybridized carbons (Fsp3) is 0.400. The molecule has 44 heavy (non-hydrogen) atoms. The van der Waals surface area contributed by atoms with Crippen LogP contribution < -0.4 is 9.47 Å². The lowest BCUT2D eigenvalue weighted by molar-refractivity contribution is -0.208. The van der Waals surface area contributed by atoms with Crippen molar-refractivity contribution in [2.75, 3.05) is 34.0 Å². The first-order valence-electron chi connectivity index (χ1n) is 14.5. The molecule has 0 fully saturated rings. The Hall–Kier alpha value is -4.37. The zero-order valence-electron chi connectivity index (χ0n) is 26.5. The van der Waals surface area contributed by atoms with Crippen molar-refractivity contribution in [1.82, 2.24) is 0 Å². The van der Waals surface area contributed by atoms with Crippen LogP contribution in [0.25, 0.3) is 0 Å². The molecule has 9 nitrogen and oxygen atoms in total. The van der Waals surface area contributed by atoms with Crippen molar-refractivity contribution in [3.8, 4) is 11.5 Å². The number of carbonyl (C=O) groups excluding carboxylic acids is 3. The van der Waals surface area contributed by atoms with Crippen molar-refractivity contribution < 1.29 is 42.8 Å². The minimum absolute atomic E-state index is 0.0332. The topological polar surface area (TPSA) is 107 Å². The van der Waals surface area contributed by atoms with E-state index in [1.54, 1.807) is 97.4 Å². The van der Waals surface area contributed by atoms with Crippen LogP contribution in [0.1, 0.15) is 57.7 Å². The Labute approximate surface area is 259 Å². The highest BCUT2D eigenvalue weighted by Crippen LogP contribution is 2.46. The maximum absolute atomic E-state index is 14.0. The van der Waals surface area contributed by atoms with Gasteiger partial charge in [0, 0.05) is 6.42 Å². The van der Waals surface area contributed by atoms with E-state index in [4.69, 9.17) is 28.4 Å². The summed E-state index contributed by atoms with van der Waals surface area (Å²) in [7, 11) is 3.12. The molecule has 3 aromatic carbocycles. The highest BCUT2D eigenvalue weighted by Gasteiger charge is 2.57. The smallest absolute Gasteiger partial charge is 0.350 e. The molecular formula is C35H42O9. The number of esters is 3. The van der Waals surface area contributed by atoms with Gasteiger partial charge in [0.25, 0.3) is 5.60 Å². The fourth-order valence-corrected chi connectivity index (χ4v) is 4.68. The van der Waals surface area contributed by atoms with Gasteiger partial charge in [0.1, 0.15) is 17.1 Å². The minimum Gasteiger partial charge on any atom is -0.497 e. The third kappa shape index (κ3) is 7.39. The monoisotopic (exact) mass is 606 g/mol. The molecule has 0 spiro atoms. The van der Waals surface area contributed by atoms with Crippen molar-refractivity contribution >= 4 is 17.9 Å². The third-order valence-electron chi connectivity index (χ3n) is 7.01. The van der Waals surface area contributed by atoms with Gasteiger partial charge < -0.3 is 28.4 Å². The largest absolute Gasteiger partial charge is 0.497 e. The maximum atomic E-state index is 14.0. The number of rotatable bonds is 14. The van der Waals surface area contributed by atoms with Crippen LogP contribution in [0.2, 0.25) is 0 Å². The Kier molecular flexibility index (Phi) is 11.5. The summed E-state index contributed by atoms with van der Waals surface area (Å²) < 4.78 is 34.3. The second kappa shape index (κ2) is 14.9. The van der Waals surface area contributed by atoms with Crippen LogP contribution >= 0.6 is 0 Å². The van der Waals surface area contributed by atoms with Gasteiger partial charge >= 0.3 is 17.9 Å². The SMILES string of the molecule is CCOC(=O)C(CCOC(=O)C(C)(C)C)(OC(c1ccccc1)(c1ccc(OC)cc1)c1ccc(OC)cc1)C(=O)OCC. The second-order valence-electron chi connectivity index (χ2n) is 11.0. The molecule has 236 valence electrons. The Balaban J connectivity index is 2.37. The van der Waals surface area contributed by atoms with E-state index < -0.39 is 34.5 Å². The van der Waals surface area contributed by atoms with Crippen molar-refractivity contribution in [2.45, 2.75) is 52.2 Å². The highest BCUT2D eigenvalue weighted by molar-refractivity contribution is 6.04. The number of methoxy groups -OCH3 is 2. The fourth-order valence-electron chi connectivity index (χ4n) is 4.68. The van der Waals surface area contributed by atoms with Crippen LogP contribution in [0.3, 0.4) is 0 Å². The first-order chi connectivity index (χ1) is 21.0. The van der Waals surface area contributed by atoms with Crippen LogP contribution in [-0.2, 0) is 38.9 Å². The average molecular weight is 607 g/mol. The summed E-state index contributed by atoms with van der Waals surface area (Å²) in [6.07, 6.45) is -0.368. The molecule has 0 saturated heterocycles. The van der Waals surface area contributed by atoms with Crippen LogP contribution in [0.5, 0.6) is 11.5 Å². The predicted octanol–water partition coefficient (Wildman–Crippen LogP) is 5.86. The normalized spacial score (nSPS) is 11.8. The van der Waals surface area contributed by atoms with Crippen LogP contribution in [-0.4, -0.2) is 57.5 Å². The van der Waals surface area contributed by atoms with E-state index in [0.717, 1.165) is 0 Å². The molecule has 0 aromatic heterocycles. The summed E-state index contributed by atoms with van der Waals surface area (Å²) in [5, 5.41) is 0. The average Bonchev–Trinajstić information content (AvgIpc) is 3.03. The van der Waals surface area contributed by atoms with Crippen LogP contribution in [0.15, 0.2) is 78.9 Å². The molecule has 0 N–H and O–H groups in total. The van der Waals surface area contributed by atoms with Gasteiger partial charge in [-0.3, -0.25) is 4.79 Å². The molecule has 0 amide bonds. The summed E-state index contributed by atoms with van der Waals surface area (Å²) in [6.45, 7) is 8.01. The van der Waals surface area contributed by atoms with Gasteiger partial charge in [-0.2, -0.15) is 0 Å². The van der Waals surface area contributed by atoms with Crippen molar-refractivity contribution in [2.24, 2.45) is 5.41 Å². The lowest BCUT2D eigenvalue weighted by Crippen LogP contribution is -2.57. The van der Waals surface area contributed by atoms with E-state index in [1.165, 1.54) is 0 Å². The molecule has 0 unspecified atom stereocenters. The van der Waals surface area contributed by atoms with E-state index in [1.807, 2.05) is 30.3 Å². The molecule has 0 atom stereocenters. The van der Waals surface area contributed by atoms with E-state index in [2.05, 4.69) is 0 Å². The zero-order valence-corrected chi connectivity index (χ0v) is 26.5. The molecule has 3 aromatic rings. The predicted molar refractivity (Wildman–Crippen MR) is 164 cm³/mol. The molecular weight excluding hydrogens is 564 g/mol. The molecule has 0 saturated carbocycles. The summed E-state index contributed by atoms with van der Waals surface area (Å²) in [5.41, 5.74) is -2.96. The number of hydrogen-bond acceptors (Lipinski definition) is 9. The molecule has 9 heteroatoms. The summed E-state index contributed by atoms with van der Waals surface area (Å²) >= 11 is 0. The summed E-state index contributed by atoms with van der Waals surface area (Å²) in [6, 6.07) is 23.5. The first-order valence-corrected chi connectivity index (χ1v) is 14.5. The van der Waals surface area contributed by atoms with E-state index >= 15 is 0 Å². The molecule has 0 aliphatic rings. The van der Waals surface area contributed by atoms with Gasteiger partial charge in [0.05, 0.1) is 39.5 Å². The van der Waals surface area contributed by atoms with Gasteiger partial charge in [-0.25, -0.2) is 9.59 Å². The van der Waals surface area contributed by atoms with E-state index in [9.17, 15) is 14.4 Å². The Morgan fingerprint density at radius 2 is 1.02 bits per heavy atom. The molecule has 0 radical (unpaired) electrons. The van der Waals surface area contributed by atoms with Gasteiger partial charge in [0.2, 0.25) is 0 Å². The lowest BCUT2D eigenvalue weighted by atomic mass is 9.78. The molecule has 0 aliphatic heterocycles. The summed E-state index contributed by atoms with van der Waals surface area (Å²) in [5.74, 6) is -1.23. The van der Waals surface area contributed by atoms with Crippen LogP contribution in [0, 0.1) is 5.41 Å². The van der Waals surface area contributed by atoms with E-state index in [-0.39, 0.29) is 26.2 Å². The Morgan fingerprint density at radius 3 is 1.41 bits per heavy atom. The van der Waals surface area contributed by atoms with Crippen molar-refractivity contribution in [1.29, 1.82) is 0 Å². The molecule has 0 heterocycles. The lowest BCUT2D eigenvalue weighted by Gasteiger charge is -2.42. The van der Waals surface area contributed by atoms with Gasteiger partial charge in [-0.05, 0) is 75.6 Å². The Bertz CT molecular complexity index is 1310. The van der Waals surface area contributed by atoms with Crippen molar-refractivity contribution in [3.05, 3.63) is 95.6 Å². The first kappa shape index (κ1) is 34.1. The van der Waals surface area contributed by atoms with Gasteiger partial charge in [0.15, 0.2) is 0 Å². The van der Waals surface area contributed by atoms with Gasteiger partial charge in [-0.15, -0.1) is 0 Å². The number of hydrogen-bond donors (Lipinski definition) is 0. The highest BCUT2D eigenvalue weighted by atomic mass is 16.6. The van der Waals surface area contributed by atoms with Crippen LogP contribution in [0.4, 0.5) is 0 Å². The number of ether oxygens (including phenoxy) is 6. The van der Waals surface area contributed by atoms with Crippen molar-refractivity contribution in [3.63, 3.8) is 0 Å². The second-order valence-corrected chi connectivity index (χ2v) is 11.0. The quantitative estimate of drug-likeness (QED) is 0.0966. The number of benzene rings is 3. The minimum atomic E-state index is -2.35. The zero-order chi connectivity index (χ0) is 32.4. The standard InChI is InChI=1S/C35H42O9/c1-8-41-31(37)34(32(38)42-9-2,23-24-43-30(36)33(3,4)5)44-35(25-13-11-10-12-14-25,26-15-19-28(39-6)20-16-26)27-17-21-29(40-7)22-18-27/h10-22H,8-9,23-24H2,1-7H3. The summed E-state index contributed by atoms with van der Waals surface area (Å²) in [4.78, 5) is 40.7. The van der Waals surface area contributed by atoms with E-state index in [0.29, 0.717) is 28.2 Å². The third-order valence-corrected chi connectivity index (χ3v) is 7.01. The molecule has 0 bridgehead atoms. The molecule has 3 rings (SSSR count).